The average Bonchev–Trinajstić information content (AvgIpc) is 1.89. The van der Waals surface area contributed by atoms with Crippen LogP contribution in [0.1, 0.15) is 20.8 Å². The summed E-state index contributed by atoms with van der Waals surface area (Å²) in [5.74, 6) is 2.04. The zero-order chi connectivity index (χ0) is 9.42. The van der Waals surface area contributed by atoms with Crippen molar-refractivity contribution < 1.29 is 0 Å². The molecule has 0 bridgehead atoms. The zero-order valence-electron chi connectivity index (χ0n) is 9.16. The van der Waals surface area contributed by atoms with Crippen molar-refractivity contribution in [3.05, 3.63) is 0 Å². The van der Waals surface area contributed by atoms with Gasteiger partial charge < -0.3 is 9.80 Å². The summed E-state index contributed by atoms with van der Waals surface area (Å²) in [7, 11) is 0. The summed E-state index contributed by atoms with van der Waals surface area (Å²) in [4.78, 5) is 5.13. The molecule has 0 aromatic heterocycles. The molecule has 0 radical (unpaired) electrons. The van der Waals surface area contributed by atoms with Crippen molar-refractivity contribution in [2.24, 2.45) is 11.8 Å². The van der Waals surface area contributed by atoms with E-state index in [9.17, 15) is 0 Å². The first-order valence-electron chi connectivity index (χ1n) is 5.67. The molecule has 2 saturated heterocycles. The summed E-state index contributed by atoms with van der Waals surface area (Å²) in [6, 6.07) is 0.763. The van der Waals surface area contributed by atoms with Crippen LogP contribution in [0.5, 0.6) is 0 Å². The zero-order valence-corrected chi connectivity index (χ0v) is 9.16. The Morgan fingerprint density at radius 3 is 2.08 bits per heavy atom. The summed E-state index contributed by atoms with van der Waals surface area (Å²) < 4.78 is 0. The fourth-order valence-corrected chi connectivity index (χ4v) is 2.43. The third-order valence-electron chi connectivity index (χ3n) is 3.77. The lowest BCUT2D eigenvalue weighted by Gasteiger charge is -2.51. The molecule has 0 aliphatic carbocycles. The molecule has 2 aliphatic heterocycles. The van der Waals surface area contributed by atoms with Gasteiger partial charge in [-0.1, -0.05) is 6.92 Å². The quantitative estimate of drug-likeness (QED) is 0.649. The second-order valence-corrected chi connectivity index (χ2v) is 4.92. The number of likely N-dealkylation sites (tertiary alicyclic amines) is 2. The smallest absolute Gasteiger partial charge is 0.00388 e. The lowest BCUT2D eigenvalue weighted by molar-refractivity contribution is -0.0318. The summed E-state index contributed by atoms with van der Waals surface area (Å²) >= 11 is 0. The molecule has 0 aromatic carbocycles. The van der Waals surface area contributed by atoms with Gasteiger partial charge in [0.1, 0.15) is 0 Å². The van der Waals surface area contributed by atoms with E-state index in [4.69, 9.17) is 0 Å². The van der Waals surface area contributed by atoms with E-state index in [1.165, 1.54) is 32.7 Å². The van der Waals surface area contributed by atoms with E-state index >= 15 is 0 Å². The largest absolute Gasteiger partial charge is 0.303 e. The first-order valence-corrected chi connectivity index (χ1v) is 5.67. The maximum atomic E-state index is 2.58. The molecule has 0 atom stereocenters. The van der Waals surface area contributed by atoms with Crippen LogP contribution in [0.15, 0.2) is 0 Å². The summed E-state index contributed by atoms with van der Waals surface area (Å²) in [6.45, 7) is 13.6. The van der Waals surface area contributed by atoms with E-state index in [-0.39, 0.29) is 0 Å². The minimum absolute atomic E-state index is 0.763. The third kappa shape index (κ3) is 1.75. The normalized spacial score (nSPS) is 27.7. The van der Waals surface area contributed by atoms with Crippen molar-refractivity contribution in [3.8, 4) is 0 Å². The predicted molar refractivity (Wildman–Crippen MR) is 55.8 cm³/mol. The van der Waals surface area contributed by atoms with Crippen molar-refractivity contribution >= 4 is 0 Å². The maximum Gasteiger partial charge on any atom is 0.00388 e. The van der Waals surface area contributed by atoms with Gasteiger partial charge in [0.25, 0.3) is 0 Å². The van der Waals surface area contributed by atoms with E-state index < -0.39 is 0 Å². The highest BCUT2D eigenvalue weighted by Crippen LogP contribution is 2.31. The topological polar surface area (TPSA) is 6.48 Å². The highest BCUT2D eigenvalue weighted by Gasteiger charge is 2.39. The Bertz CT molecular complexity index is 167. The predicted octanol–water partition coefficient (Wildman–Crippen LogP) is 1.28. The van der Waals surface area contributed by atoms with E-state index in [0.717, 1.165) is 17.9 Å². The SMILES string of the molecule is CCN1CC(C2CN(C(C)C)C2)C1. The minimum atomic E-state index is 0.763. The number of hydrogen-bond donors (Lipinski definition) is 0. The highest BCUT2D eigenvalue weighted by molar-refractivity contribution is 4.93. The lowest BCUT2D eigenvalue weighted by atomic mass is 9.80. The van der Waals surface area contributed by atoms with E-state index in [0.29, 0.717) is 0 Å². The summed E-state index contributed by atoms with van der Waals surface area (Å²) in [5, 5.41) is 0. The van der Waals surface area contributed by atoms with Gasteiger partial charge in [-0.25, -0.2) is 0 Å². The van der Waals surface area contributed by atoms with Crippen molar-refractivity contribution in [2.45, 2.75) is 26.8 Å². The molecule has 2 rings (SSSR count). The van der Waals surface area contributed by atoms with Crippen LogP contribution in [0.3, 0.4) is 0 Å². The van der Waals surface area contributed by atoms with E-state index in [1.807, 2.05) is 0 Å². The second-order valence-electron chi connectivity index (χ2n) is 4.92. The van der Waals surface area contributed by atoms with Gasteiger partial charge in [0, 0.05) is 32.2 Å². The van der Waals surface area contributed by atoms with Crippen LogP contribution in [-0.2, 0) is 0 Å². The first-order chi connectivity index (χ1) is 6.20. The third-order valence-corrected chi connectivity index (χ3v) is 3.77. The Kier molecular flexibility index (Phi) is 2.61. The van der Waals surface area contributed by atoms with Crippen LogP contribution in [0.2, 0.25) is 0 Å². The molecule has 76 valence electrons. The molecule has 2 heteroatoms. The van der Waals surface area contributed by atoms with Crippen molar-refractivity contribution in [1.29, 1.82) is 0 Å². The molecule has 0 amide bonds. The Morgan fingerprint density at radius 2 is 1.62 bits per heavy atom. The van der Waals surface area contributed by atoms with Gasteiger partial charge in [0.05, 0.1) is 0 Å². The fraction of sp³-hybridized carbons (Fsp3) is 1.00. The molecule has 2 heterocycles. The molecule has 0 aromatic rings. The number of nitrogens with zero attached hydrogens (tertiary/aromatic N) is 2. The molecular formula is C11H22N2. The molecule has 0 unspecified atom stereocenters. The van der Waals surface area contributed by atoms with Crippen LogP contribution >= 0.6 is 0 Å². The first kappa shape index (κ1) is 9.47. The van der Waals surface area contributed by atoms with Gasteiger partial charge in [-0.2, -0.15) is 0 Å². The van der Waals surface area contributed by atoms with Crippen LogP contribution in [0.25, 0.3) is 0 Å². The molecule has 2 aliphatic rings. The van der Waals surface area contributed by atoms with Gasteiger partial charge in [0.15, 0.2) is 0 Å². The number of hydrogen-bond acceptors (Lipinski definition) is 2. The van der Waals surface area contributed by atoms with Crippen LogP contribution in [0.4, 0.5) is 0 Å². The van der Waals surface area contributed by atoms with Crippen molar-refractivity contribution in [2.75, 3.05) is 32.7 Å². The van der Waals surface area contributed by atoms with Gasteiger partial charge in [0.2, 0.25) is 0 Å². The molecule has 0 saturated carbocycles. The molecular weight excluding hydrogens is 160 g/mol. The lowest BCUT2D eigenvalue weighted by Crippen LogP contribution is -2.60. The van der Waals surface area contributed by atoms with E-state index in [2.05, 4.69) is 30.6 Å². The van der Waals surface area contributed by atoms with Gasteiger partial charge in [-0.15, -0.1) is 0 Å². The Morgan fingerprint density at radius 1 is 1.08 bits per heavy atom. The molecule has 13 heavy (non-hydrogen) atoms. The minimum Gasteiger partial charge on any atom is -0.303 e. The Balaban J connectivity index is 1.65. The van der Waals surface area contributed by atoms with Crippen molar-refractivity contribution in [1.82, 2.24) is 9.80 Å². The maximum absolute atomic E-state index is 2.58. The van der Waals surface area contributed by atoms with Crippen molar-refractivity contribution in [3.63, 3.8) is 0 Å². The molecule has 0 spiro atoms. The van der Waals surface area contributed by atoms with Crippen LogP contribution in [-0.4, -0.2) is 48.6 Å². The van der Waals surface area contributed by atoms with Crippen LogP contribution < -0.4 is 0 Å². The average molecular weight is 182 g/mol. The van der Waals surface area contributed by atoms with E-state index in [1.54, 1.807) is 0 Å². The summed E-state index contributed by atoms with van der Waals surface area (Å²) in [5.41, 5.74) is 0. The fourth-order valence-electron chi connectivity index (χ4n) is 2.43. The van der Waals surface area contributed by atoms with Gasteiger partial charge >= 0.3 is 0 Å². The van der Waals surface area contributed by atoms with Crippen LogP contribution in [0, 0.1) is 11.8 Å². The monoisotopic (exact) mass is 182 g/mol. The Hall–Kier alpha value is -0.0800. The molecule has 2 fully saturated rings. The molecule has 0 N–H and O–H groups in total. The molecule has 2 nitrogen and oxygen atoms in total. The standard InChI is InChI=1S/C11H22N2/c1-4-12-5-10(6-12)11-7-13(8-11)9(2)3/h9-11H,4-8H2,1-3H3. The second kappa shape index (κ2) is 3.58. The summed E-state index contributed by atoms with van der Waals surface area (Å²) in [6.07, 6.45) is 0. The van der Waals surface area contributed by atoms with Gasteiger partial charge in [-0.3, -0.25) is 0 Å². The highest BCUT2D eigenvalue weighted by atomic mass is 15.2. The van der Waals surface area contributed by atoms with Gasteiger partial charge in [-0.05, 0) is 32.2 Å². The number of rotatable bonds is 3. The Labute approximate surface area is 81.9 Å².